The zero-order valence-corrected chi connectivity index (χ0v) is 30.3. The minimum Gasteiger partial charge on any atom is -0.763 e. The van der Waals surface area contributed by atoms with Gasteiger partial charge in [0.25, 0.3) is 0 Å². The van der Waals surface area contributed by atoms with Crippen molar-refractivity contribution in [2.45, 2.75) is 80.1 Å². The molecule has 4 aliphatic heterocycles. The van der Waals surface area contributed by atoms with Crippen molar-refractivity contribution < 1.29 is 35.6 Å². The second-order valence-corrected chi connectivity index (χ2v) is 12.0. The molecule has 0 aliphatic carbocycles. The van der Waals surface area contributed by atoms with E-state index in [0.717, 1.165) is 91.6 Å². The molecule has 0 aromatic carbocycles. The van der Waals surface area contributed by atoms with Gasteiger partial charge in [0.15, 0.2) is 0 Å². The molecule has 0 atom stereocenters. The first-order chi connectivity index (χ1) is 23.1. The maximum absolute atomic E-state index is 12.4. The SMILES string of the molecule is CCC1=C(C)C2=Cc3[n-]c(c(CCC(=O)OC)c3C)/C(=C/C=C=[N-])C3=NC(=CC4=NC(=CC1=N2)C(C)=C4CC)C(C)=C3CCC(=O)OC.[Ni+2]. The second kappa shape index (κ2) is 15.7. The Labute approximate surface area is 298 Å². The van der Waals surface area contributed by atoms with Crippen molar-refractivity contribution in [3.63, 3.8) is 0 Å². The molecule has 4 aliphatic rings. The molecule has 0 amide bonds. The number of hydrogen-bond donors (Lipinski definition) is 0. The number of nitrogens with zero attached hydrogens (tertiary/aromatic N) is 5. The van der Waals surface area contributed by atoms with Gasteiger partial charge in [0, 0.05) is 12.8 Å². The van der Waals surface area contributed by atoms with Crippen molar-refractivity contribution in [2.24, 2.45) is 15.0 Å². The molecule has 256 valence electrons. The summed E-state index contributed by atoms with van der Waals surface area (Å²) in [6.07, 6.45) is 11.9. The molecule has 5 rings (SSSR count). The number of hydrogen-bond acceptors (Lipinski definition) is 7. The van der Waals surface area contributed by atoms with Crippen LogP contribution in [-0.2, 0) is 42.0 Å². The van der Waals surface area contributed by atoms with E-state index >= 15 is 0 Å². The van der Waals surface area contributed by atoms with Crippen LogP contribution < -0.4 is 4.98 Å². The quantitative estimate of drug-likeness (QED) is 0.150. The molecule has 0 saturated heterocycles. The van der Waals surface area contributed by atoms with Crippen LogP contribution in [0.25, 0.3) is 17.1 Å². The van der Waals surface area contributed by atoms with Gasteiger partial charge in [0.2, 0.25) is 0 Å². The van der Waals surface area contributed by atoms with E-state index in [1.165, 1.54) is 20.3 Å². The first-order valence-corrected chi connectivity index (χ1v) is 16.3. The van der Waals surface area contributed by atoms with Crippen LogP contribution in [0.4, 0.5) is 0 Å². The van der Waals surface area contributed by atoms with Crippen LogP contribution in [0.3, 0.4) is 0 Å². The molecule has 9 nitrogen and oxygen atoms in total. The van der Waals surface area contributed by atoms with Crippen LogP contribution in [0, 0.1) is 6.92 Å². The molecular weight excluding hydrogens is 661 g/mol. The average molecular weight is 702 g/mol. The summed E-state index contributed by atoms with van der Waals surface area (Å²) in [5.74, 6) is 1.46. The van der Waals surface area contributed by atoms with Crippen molar-refractivity contribution in [3.8, 4) is 0 Å². The fraction of sp³-hybridized carbons (Fsp3) is 0.359. The summed E-state index contributed by atoms with van der Waals surface area (Å²) in [7, 11) is 2.75. The van der Waals surface area contributed by atoms with Crippen molar-refractivity contribution >= 4 is 46.6 Å². The minimum atomic E-state index is -0.331. The molecule has 8 bridgehead atoms. The van der Waals surface area contributed by atoms with E-state index in [9.17, 15) is 15.0 Å². The van der Waals surface area contributed by atoms with Gasteiger partial charge < -0.3 is 19.9 Å². The number of methoxy groups -OCH3 is 2. The Bertz CT molecular complexity index is 1980. The summed E-state index contributed by atoms with van der Waals surface area (Å²) in [5, 5.41) is 9.68. The van der Waals surface area contributed by atoms with Gasteiger partial charge in [-0.2, -0.15) is 0 Å². The Morgan fingerprint density at radius 3 is 1.84 bits per heavy atom. The third-order valence-corrected chi connectivity index (χ3v) is 9.46. The topological polar surface area (TPSA) is 126 Å². The van der Waals surface area contributed by atoms with E-state index in [2.05, 4.69) is 39.6 Å². The van der Waals surface area contributed by atoms with Gasteiger partial charge >= 0.3 is 28.4 Å². The summed E-state index contributed by atoms with van der Waals surface area (Å²) in [6.45, 7) is 12.4. The first kappa shape index (κ1) is 37.2. The zero-order valence-electron chi connectivity index (χ0n) is 29.3. The van der Waals surface area contributed by atoms with Gasteiger partial charge in [-0.05, 0) is 117 Å². The summed E-state index contributed by atoms with van der Waals surface area (Å²) < 4.78 is 9.97. The normalized spacial score (nSPS) is 17.6. The summed E-state index contributed by atoms with van der Waals surface area (Å²) in [4.78, 5) is 45.3. The summed E-state index contributed by atoms with van der Waals surface area (Å²) in [6, 6.07) is 0. The molecule has 0 spiro atoms. The van der Waals surface area contributed by atoms with Gasteiger partial charge in [-0.3, -0.25) is 15.5 Å². The monoisotopic (exact) mass is 701 g/mol. The van der Waals surface area contributed by atoms with Crippen molar-refractivity contribution in [3.05, 3.63) is 103 Å². The average Bonchev–Trinajstić information content (AvgIpc) is 3.75. The third-order valence-electron chi connectivity index (χ3n) is 9.46. The van der Waals surface area contributed by atoms with Gasteiger partial charge in [-0.25, -0.2) is 15.0 Å². The Hall–Kier alpha value is -4.65. The van der Waals surface area contributed by atoms with Crippen molar-refractivity contribution in [1.29, 1.82) is 0 Å². The van der Waals surface area contributed by atoms with Gasteiger partial charge in [-0.1, -0.05) is 31.1 Å². The van der Waals surface area contributed by atoms with Crippen LogP contribution in [0.5, 0.6) is 0 Å². The third kappa shape index (κ3) is 7.22. The number of ether oxygens (including phenoxy) is 2. The van der Waals surface area contributed by atoms with Gasteiger partial charge in [0.1, 0.15) is 0 Å². The van der Waals surface area contributed by atoms with Crippen LogP contribution in [-0.4, -0.2) is 49.2 Å². The van der Waals surface area contributed by atoms with Crippen LogP contribution in [0.2, 0.25) is 0 Å². The van der Waals surface area contributed by atoms with E-state index in [0.29, 0.717) is 29.8 Å². The molecule has 0 radical (unpaired) electrons. The predicted molar refractivity (Wildman–Crippen MR) is 192 cm³/mol. The van der Waals surface area contributed by atoms with Gasteiger partial charge in [-0.15, -0.1) is 11.4 Å². The number of carbonyl (C=O) groups is 2. The van der Waals surface area contributed by atoms with Crippen molar-refractivity contribution in [2.75, 3.05) is 14.2 Å². The Morgan fingerprint density at radius 2 is 1.31 bits per heavy atom. The maximum atomic E-state index is 12.4. The number of allylic oxidation sites excluding steroid dienone is 11. The Morgan fingerprint density at radius 1 is 0.796 bits per heavy atom. The van der Waals surface area contributed by atoms with E-state index in [1.54, 1.807) is 6.08 Å². The van der Waals surface area contributed by atoms with E-state index in [1.807, 2.05) is 26.0 Å². The minimum absolute atomic E-state index is 0. The number of fused-ring (bicyclic) bond motifs is 5. The first-order valence-electron chi connectivity index (χ1n) is 16.3. The van der Waals surface area contributed by atoms with Crippen molar-refractivity contribution in [1.82, 2.24) is 4.98 Å². The second-order valence-electron chi connectivity index (χ2n) is 12.0. The summed E-state index contributed by atoms with van der Waals surface area (Å²) in [5.41, 5.74) is 14.7. The van der Waals surface area contributed by atoms with E-state index in [-0.39, 0.29) is 41.3 Å². The number of rotatable bonds is 9. The summed E-state index contributed by atoms with van der Waals surface area (Å²) >= 11 is 0. The molecule has 0 fully saturated rings. The van der Waals surface area contributed by atoms with Gasteiger partial charge in [0.05, 0.1) is 48.4 Å². The predicted octanol–water partition coefficient (Wildman–Crippen LogP) is 7.44. The largest absolute Gasteiger partial charge is 2.00 e. The zero-order chi connectivity index (χ0) is 34.7. The molecule has 5 heterocycles. The van der Waals surface area contributed by atoms with Crippen LogP contribution in [0.15, 0.2) is 89.8 Å². The molecule has 10 heteroatoms. The Balaban J connectivity index is 0.00000541. The number of esters is 2. The molecular formula is C39H41N5NiO4. The fourth-order valence-electron chi connectivity index (χ4n) is 6.65. The van der Waals surface area contributed by atoms with E-state index < -0.39 is 0 Å². The molecule has 0 N–H and O–H groups in total. The molecule has 0 unspecified atom stereocenters. The number of aliphatic imine (C=N–C) groups is 3. The smallest absolute Gasteiger partial charge is 0.763 e. The molecule has 49 heavy (non-hydrogen) atoms. The maximum Gasteiger partial charge on any atom is 2.00 e. The molecule has 1 aromatic rings. The number of carbonyl (C=O) groups excluding carboxylic acids is 2. The molecule has 1 aromatic heterocycles. The van der Waals surface area contributed by atoms with Crippen LogP contribution >= 0.6 is 0 Å². The standard InChI is InChI=1S/C39H41N5O4.Ni/c1-9-25-21(3)30-18-32-23(5)27(13-15-36(45)47-7)38(43-32)29(12-11-17-40)39-28(14-16-37(46)48-8)24(6)33(44-39)20-35-26(10-2)22(4)31(42-35)19-34(25)41-30;/h11-12,18-20H,9-10,13-16H2,1-8H3;/q-2;+2/b29-12-;. The fourth-order valence-corrected chi connectivity index (χ4v) is 6.65. The number of aromatic nitrogens is 1. The van der Waals surface area contributed by atoms with E-state index in [4.69, 9.17) is 29.4 Å². The van der Waals surface area contributed by atoms with Crippen LogP contribution in [0.1, 0.15) is 89.2 Å². The molecule has 0 saturated carbocycles. The Kier molecular flexibility index (Phi) is 11.9.